The molecular formula is C24H20N2O2. The molecule has 1 unspecified atom stereocenters. The molecule has 0 radical (unpaired) electrons. The molecule has 0 saturated heterocycles. The van der Waals surface area contributed by atoms with Crippen molar-refractivity contribution in [1.29, 1.82) is 0 Å². The van der Waals surface area contributed by atoms with E-state index >= 15 is 0 Å². The van der Waals surface area contributed by atoms with Crippen LogP contribution in [-0.2, 0) is 0 Å². The van der Waals surface area contributed by atoms with Gasteiger partial charge in [-0.2, -0.15) is 0 Å². The summed E-state index contributed by atoms with van der Waals surface area (Å²) in [6.45, 7) is 1.96. The van der Waals surface area contributed by atoms with E-state index in [2.05, 4.69) is 10.6 Å². The minimum atomic E-state index is -0.493. The van der Waals surface area contributed by atoms with Crippen LogP contribution in [0, 0.1) is 0 Å². The Bertz CT molecular complexity index is 1160. The SMILES string of the molecule is CC(Nc1c(Nc2cccc(-c3ccccc3)c2)c(=O)c1=O)c1ccccc1. The van der Waals surface area contributed by atoms with Gasteiger partial charge in [0.05, 0.1) is 0 Å². The Morgan fingerprint density at radius 2 is 1.29 bits per heavy atom. The summed E-state index contributed by atoms with van der Waals surface area (Å²) in [5.74, 6) is 0. The summed E-state index contributed by atoms with van der Waals surface area (Å²) in [4.78, 5) is 24.2. The molecule has 28 heavy (non-hydrogen) atoms. The first kappa shape index (κ1) is 17.7. The lowest BCUT2D eigenvalue weighted by atomic mass is 10.0. The molecule has 1 atom stereocenters. The van der Waals surface area contributed by atoms with Crippen LogP contribution in [0.1, 0.15) is 18.5 Å². The average molecular weight is 368 g/mol. The maximum absolute atomic E-state index is 12.1. The van der Waals surface area contributed by atoms with Crippen molar-refractivity contribution < 1.29 is 0 Å². The Labute approximate surface area is 163 Å². The van der Waals surface area contributed by atoms with E-state index in [9.17, 15) is 9.59 Å². The maximum Gasteiger partial charge on any atom is 0.253 e. The molecule has 0 aliphatic rings. The molecule has 4 heteroatoms. The molecule has 4 aromatic carbocycles. The summed E-state index contributed by atoms with van der Waals surface area (Å²) in [5, 5.41) is 6.30. The normalized spacial score (nSPS) is 11.9. The smallest absolute Gasteiger partial charge is 0.253 e. The fourth-order valence-electron chi connectivity index (χ4n) is 3.24. The molecule has 0 amide bonds. The van der Waals surface area contributed by atoms with Crippen molar-refractivity contribution >= 4 is 17.1 Å². The molecule has 2 N–H and O–H groups in total. The van der Waals surface area contributed by atoms with Crippen molar-refractivity contribution in [1.82, 2.24) is 0 Å². The largest absolute Gasteiger partial charge is 0.373 e. The second-order valence-electron chi connectivity index (χ2n) is 6.76. The van der Waals surface area contributed by atoms with Gasteiger partial charge in [-0.3, -0.25) is 9.59 Å². The molecule has 0 saturated carbocycles. The molecule has 4 nitrogen and oxygen atoms in total. The Hall–Kier alpha value is -3.66. The highest BCUT2D eigenvalue weighted by Crippen LogP contribution is 2.27. The molecular weight excluding hydrogens is 348 g/mol. The van der Waals surface area contributed by atoms with E-state index in [1.807, 2.05) is 91.9 Å². The van der Waals surface area contributed by atoms with Crippen LogP contribution < -0.4 is 21.5 Å². The summed E-state index contributed by atoms with van der Waals surface area (Å²) < 4.78 is 0. The van der Waals surface area contributed by atoms with Gasteiger partial charge in [0.1, 0.15) is 11.4 Å². The van der Waals surface area contributed by atoms with E-state index in [1.54, 1.807) is 0 Å². The highest BCUT2D eigenvalue weighted by atomic mass is 16.2. The van der Waals surface area contributed by atoms with Crippen LogP contribution in [0.15, 0.2) is 94.5 Å². The van der Waals surface area contributed by atoms with E-state index in [0.29, 0.717) is 11.4 Å². The lowest BCUT2D eigenvalue weighted by molar-refractivity contribution is 0.880. The fraction of sp³-hybridized carbons (Fsp3) is 0.0833. The minimum absolute atomic E-state index is 0.0827. The molecule has 0 bridgehead atoms. The summed E-state index contributed by atoms with van der Waals surface area (Å²) in [6.07, 6.45) is 0. The number of hydrogen-bond donors (Lipinski definition) is 2. The Kier molecular flexibility index (Phi) is 4.77. The lowest BCUT2D eigenvalue weighted by Gasteiger charge is -2.20. The van der Waals surface area contributed by atoms with Crippen LogP contribution in [0.25, 0.3) is 11.1 Å². The van der Waals surface area contributed by atoms with Crippen molar-refractivity contribution in [2.24, 2.45) is 0 Å². The zero-order valence-corrected chi connectivity index (χ0v) is 15.5. The molecule has 0 fully saturated rings. The number of nitrogens with one attached hydrogen (secondary N) is 2. The quantitative estimate of drug-likeness (QED) is 0.477. The first-order chi connectivity index (χ1) is 13.6. The molecule has 4 aromatic rings. The summed E-state index contributed by atoms with van der Waals surface area (Å²) in [7, 11) is 0. The zero-order valence-electron chi connectivity index (χ0n) is 15.5. The van der Waals surface area contributed by atoms with Gasteiger partial charge < -0.3 is 10.6 Å². The second-order valence-corrected chi connectivity index (χ2v) is 6.76. The fourth-order valence-corrected chi connectivity index (χ4v) is 3.24. The molecule has 0 spiro atoms. The third-order valence-corrected chi connectivity index (χ3v) is 4.81. The third-order valence-electron chi connectivity index (χ3n) is 4.81. The molecule has 0 aromatic heterocycles. The predicted molar refractivity (Wildman–Crippen MR) is 115 cm³/mol. The highest BCUT2D eigenvalue weighted by Gasteiger charge is 2.22. The van der Waals surface area contributed by atoms with Crippen LogP contribution in [0.3, 0.4) is 0 Å². The van der Waals surface area contributed by atoms with Gasteiger partial charge in [-0.15, -0.1) is 0 Å². The van der Waals surface area contributed by atoms with E-state index in [0.717, 1.165) is 22.4 Å². The molecule has 0 heterocycles. The number of benzene rings is 3. The zero-order chi connectivity index (χ0) is 19.5. The lowest BCUT2D eigenvalue weighted by Crippen LogP contribution is -2.37. The van der Waals surface area contributed by atoms with E-state index in [1.165, 1.54) is 0 Å². The third kappa shape index (κ3) is 3.45. The van der Waals surface area contributed by atoms with Gasteiger partial charge in [-0.05, 0) is 35.7 Å². The summed E-state index contributed by atoms with van der Waals surface area (Å²) >= 11 is 0. The molecule has 0 aliphatic heterocycles. The first-order valence-corrected chi connectivity index (χ1v) is 9.21. The number of hydrogen-bond acceptors (Lipinski definition) is 4. The number of anilines is 3. The van der Waals surface area contributed by atoms with Crippen LogP contribution in [0.5, 0.6) is 0 Å². The maximum atomic E-state index is 12.1. The van der Waals surface area contributed by atoms with Crippen molar-refractivity contribution in [3.63, 3.8) is 0 Å². The molecule has 138 valence electrons. The van der Waals surface area contributed by atoms with Crippen molar-refractivity contribution in [3.8, 4) is 11.1 Å². The Morgan fingerprint density at radius 3 is 2.00 bits per heavy atom. The van der Waals surface area contributed by atoms with Gasteiger partial charge in [-0.1, -0.05) is 72.8 Å². The van der Waals surface area contributed by atoms with Gasteiger partial charge in [0.2, 0.25) is 0 Å². The first-order valence-electron chi connectivity index (χ1n) is 9.21. The van der Waals surface area contributed by atoms with Crippen LogP contribution in [0.4, 0.5) is 17.1 Å². The standard InChI is InChI=1S/C24H20N2O2/c1-16(17-9-4-2-5-10-17)25-21-22(24(28)23(21)27)26-20-14-8-13-19(15-20)18-11-6-3-7-12-18/h2-16,25-26H,1H3. The number of rotatable bonds is 6. The van der Waals surface area contributed by atoms with Gasteiger partial charge in [0.25, 0.3) is 10.9 Å². The summed E-state index contributed by atoms with van der Waals surface area (Å²) in [5.41, 5.74) is 3.63. The molecule has 0 aliphatic carbocycles. The van der Waals surface area contributed by atoms with Gasteiger partial charge in [-0.25, -0.2) is 0 Å². The van der Waals surface area contributed by atoms with Crippen molar-refractivity contribution in [2.45, 2.75) is 13.0 Å². The highest BCUT2D eigenvalue weighted by molar-refractivity contribution is 5.80. The van der Waals surface area contributed by atoms with Crippen LogP contribution in [-0.4, -0.2) is 0 Å². The van der Waals surface area contributed by atoms with Gasteiger partial charge in [0.15, 0.2) is 0 Å². The van der Waals surface area contributed by atoms with Crippen molar-refractivity contribution in [3.05, 3.63) is 111 Å². The topological polar surface area (TPSA) is 58.2 Å². The van der Waals surface area contributed by atoms with Gasteiger partial charge in [0, 0.05) is 11.7 Å². The average Bonchev–Trinajstić information content (AvgIpc) is 2.77. The predicted octanol–water partition coefficient (Wildman–Crippen LogP) is 4.87. The van der Waals surface area contributed by atoms with E-state index < -0.39 is 10.9 Å². The van der Waals surface area contributed by atoms with E-state index in [-0.39, 0.29) is 6.04 Å². The Balaban J connectivity index is 1.58. The second kappa shape index (κ2) is 7.53. The monoisotopic (exact) mass is 368 g/mol. The van der Waals surface area contributed by atoms with Gasteiger partial charge >= 0.3 is 0 Å². The van der Waals surface area contributed by atoms with Crippen LogP contribution in [0.2, 0.25) is 0 Å². The van der Waals surface area contributed by atoms with Crippen molar-refractivity contribution in [2.75, 3.05) is 10.6 Å². The summed E-state index contributed by atoms with van der Waals surface area (Å²) in [6, 6.07) is 27.5. The van der Waals surface area contributed by atoms with Crippen LogP contribution >= 0.6 is 0 Å². The Morgan fingerprint density at radius 1 is 0.679 bits per heavy atom. The minimum Gasteiger partial charge on any atom is -0.373 e. The van der Waals surface area contributed by atoms with E-state index in [4.69, 9.17) is 0 Å². The molecule has 4 rings (SSSR count).